The molecule has 0 aliphatic carbocycles. The van der Waals surface area contributed by atoms with Crippen molar-refractivity contribution in [2.75, 3.05) is 0 Å². The summed E-state index contributed by atoms with van der Waals surface area (Å²) in [7, 11) is 0. The van der Waals surface area contributed by atoms with Gasteiger partial charge in [-0.25, -0.2) is 15.0 Å². The summed E-state index contributed by atoms with van der Waals surface area (Å²) < 4.78 is 11.7. The number of thiophene rings is 1. The van der Waals surface area contributed by atoms with E-state index in [4.69, 9.17) is 19.4 Å². The van der Waals surface area contributed by atoms with Gasteiger partial charge >= 0.3 is 0 Å². The number of rotatable bonds is 4. The van der Waals surface area contributed by atoms with Crippen LogP contribution in [0.1, 0.15) is 0 Å². The third-order valence-corrected chi connectivity index (χ3v) is 12.0. The van der Waals surface area contributed by atoms with Crippen LogP contribution in [0.3, 0.4) is 0 Å². The van der Waals surface area contributed by atoms with Crippen LogP contribution in [-0.4, -0.2) is 19.5 Å². The lowest BCUT2D eigenvalue weighted by Crippen LogP contribution is -2.00. The highest BCUT2D eigenvalue weighted by atomic mass is 32.1. The van der Waals surface area contributed by atoms with Crippen molar-refractivity contribution in [3.8, 4) is 39.9 Å². The van der Waals surface area contributed by atoms with Crippen molar-refractivity contribution in [1.82, 2.24) is 19.5 Å². The minimum absolute atomic E-state index is 0.567. The van der Waals surface area contributed by atoms with Crippen molar-refractivity contribution in [2.24, 2.45) is 0 Å². The monoisotopic (exact) mass is 720 g/mol. The number of aromatic nitrogens is 4. The second-order valence-corrected chi connectivity index (χ2v) is 15.1. The van der Waals surface area contributed by atoms with Crippen molar-refractivity contribution >= 4 is 86.0 Å². The summed E-state index contributed by atoms with van der Waals surface area (Å²) in [5.74, 6) is 1.80. The van der Waals surface area contributed by atoms with Gasteiger partial charge in [-0.1, -0.05) is 121 Å². The van der Waals surface area contributed by atoms with Crippen LogP contribution in [0, 0.1) is 0 Å². The van der Waals surface area contributed by atoms with E-state index in [1.54, 1.807) is 11.3 Å². The zero-order valence-electron chi connectivity index (χ0n) is 29.3. The predicted octanol–water partition coefficient (Wildman–Crippen LogP) is 13.4. The molecule has 4 heterocycles. The minimum atomic E-state index is 0.567. The number of para-hydroxylation sites is 2. The van der Waals surface area contributed by atoms with Gasteiger partial charge in [0.2, 0.25) is 0 Å². The standard InChI is InChI=1S/C49H28N4OS/c1-2-12-29(13-3-1)47-50-48(31-22-24-37-36-18-8-11-21-43(36)55-44(37)27-31)52-49(51-47)39-26-30-14-4-5-15-33(30)45-38-28-32(23-25-42(38)54-46(39)45)53-40-19-9-6-16-34(40)35-17-7-10-20-41(35)53/h1-28H. The summed E-state index contributed by atoms with van der Waals surface area (Å²) in [6.45, 7) is 0. The Morgan fingerprint density at radius 3 is 1.87 bits per heavy atom. The molecule has 0 unspecified atom stereocenters. The van der Waals surface area contributed by atoms with E-state index in [0.717, 1.165) is 55.1 Å². The van der Waals surface area contributed by atoms with Gasteiger partial charge in [0.1, 0.15) is 11.2 Å². The van der Waals surface area contributed by atoms with Gasteiger partial charge in [0.15, 0.2) is 17.5 Å². The second-order valence-electron chi connectivity index (χ2n) is 14.0. The Kier molecular flexibility index (Phi) is 6.44. The molecule has 0 atom stereocenters. The van der Waals surface area contributed by atoms with E-state index in [0.29, 0.717) is 17.5 Å². The molecule has 0 saturated carbocycles. The first-order chi connectivity index (χ1) is 27.2. The van der Waals surface area contributed by atoms with Gasteiger partial charge in [0.25, 0.3) is 0 Å². The molecule has 0 saturated heterocycles. The van der Waals surface area contributed by atoms with Gasteiger partial charge in [0, 0.05) is 58.5 Å². The molecule has 0 N–H and O–H groups in total. The molecule has 0 spiro atoms. The molecule has 0 bridgehead atoms. The maximum absolute atomic E-state index is 6.87. The third kappa shape index (κ3) is 4.62. The molecule has 6 heteroatoms. The van der Waals surface area contributed by atoms with Gasteiger partial charge in [-0.2, -0.15) is 0 Å². The molecule has 0 radical (unpaired) electrons. The van der Waals surface area contributed by atoms with Crippen molar-refractivity contribution in [3.05, 3.63) is 170 Å². The highest BCUT2D eigenvalue weighted by Gasteiger charge is 2.22. The average Bonchev–Trinajstić information content (AvgIpc) is 3.93. The molecule has 8 aromatic carbocycles. The number of hydrogen-bond acceptors (Lipinski definition) is 5. The van der Waals surface area contributed by atoms with E-state index in [-0.39, 0.29) is 0 Å². The largest absolute Gasteiger partial charge is 0.455 e. The molecule has 5 nitrogen and oxygen atoms in total. The normalized spacial score (nSPS) is 12.0. The Labute approximate surface area is 318 Å². The maximum atomic E-state index is 6.87. The first-order valence-corrected chi connectivity index (χ1v) is 19.2. The van der Waals surface area contributed by atoms with Gasteiger partial charge in [-0.15, -0.1) is 11.3 Å². The number of hydrogen-bond donors (Lipinski definition) is 0. The predicted molar refractivity (Wildman–Crippen MR) is 228 cm³/mol. The molecule has 55 heavy (non-hydrogen) atoms. The highest BCUT2D eigenvalue weighted by molar-refractivity contribution is 7.25. The smallest absolute Gasteiger partial charge is 0.167 e. The molecule has 12 rings (SSSR count). The Balaban J connectivity index is 1.12. The lowest BCUT2D eigenvalue weighted by Gasteiger charge is -2.10. The first-order valence-electron chi connectivity index (χ1n) is 18.4. The number of nitrogens with zero attached hydrogens (tertiary/aromatic N) is 4. The maximum Gasteiger partial charge on any atom is 0.167 e. The van der Waals surface area contributed by atoms with Gasteiger partial charge in [0.05, 0.1) is 16.6 Å². The molecular weight excluding hydrogens is 693 g/mol. The summed E-state index contributed by atoms with van der Waals surface area (Å²) >= 11 is 1.79. The van der Waals surface area contributed by atoms with Crippen LogP contribution in [0.2, 0.25) is 0 Å². The average molecular weight is 721 g/mol. The van der Waals surface area contributed by atoms with Crippen molar-refractivity contribution < 1.29 is 4.42 Å². The number of furan rings is 1. The summed E-state index contributed by atoms with van der Waals surface area (Å²) in [4.78, 5) is 15.5. The fourth-order valence-electron chi connectivity index (χ4n) is 8.33. The highest BCUT2D eigenvalue weighted by Crippen LogP contribution is 2.43. The molecule has 4 aromatic heterocycles. The van der Waals surface area contributed by atoms with E-state index >= 15 is 0 Å². The zero-order chi connectivity index (χ0) is 36.0. The lowest BCUT2D eigenvalue weighted by atomic mass is 9.99. The first kappa shape index (κ1) is 30.3. The van der Waals surface area contributed by atoms with Crippen LogP contribution in [0.5, 0.6) is 0 Å². The van der Waals surface area contributed by atoms with Gasteiger partial charge < -0.3 is 8.98 Å². The number of benzene rings is 8. The van der Waals surface area contributed by atoms with E-state index in [1.165, 1.54) is 42.0 Å². The van der Waals surface area contributed by atoms with E-state index in [9.17, 15) is 0 Å². The van der Waals surface area contributed by atoms with Crippen molar-refractivity contribution in [2.45, 2.75) is 0 Å². The van der Waals surface area contributed by atoms with Crippen molar-refractivity contribution in [1.29, 1.82) is 0 Å². The Morgan fingerprint density at radius 2 is 1.07 bits per heavy atom. The van der Waals surface area contributed by atoms with Crippen LogP contribution >= 0.6 is 11.3 Å². The van der Waals surface area contributed by atoms with Crippen LogP contribution in [0.4, 0.5) is 0 Å². The van der Waals surface area contributed by atoms with Crippen LogP contribution in [-0.2, 0) is 0 Å². The lowest BCUT2D eigenvalue weighted by molar-refractivity contribution is 0.669. The Bertz CT molecular complexity index is 3450. The third-order valence-electron chi connectivity index (χ3n) is 10.8. The zero-order valence-corrected chi connectivity index (χ0v) is 30.1. The summed E-state index contributed by atoms with van der Waals surface area (Å²) in [5.41, 5.74) is 7.67. The summed E-state index contributed by atoms with van der Waals surface area (Å²) in [5, 5.41) is 9.25. The Morgan fingerprint density at radius 1 is 0.436 bits per heavy atom. The van der Waals surface area contributed by atoms with E-state index < -0.39 is 0 Å². The molecule has 0 amide bonds. The molecule has 12 aromatic rings. The topological polar surface area (TPSA) is 56.7 Å². The van der Waals surface area contributed by atoms with E-state index in [1.807, 2.05) is 30.3 Å². The van der Waals surface area contributed by atoms with E-state index in [2.05, 4.69) is 144 Å². The summed E-state index contributed by atoms with van der Waals surface area (Å²) in [6, 6.07) is 59.7. The fourth-order valence-corrected chi connectivity index (χ4v) is 9.47. The van der Waals surface area contributed by atoms with Gasteiger partial charge in [-0.3, -0.25) is 0 Å². The van der Waals surface area contributed by atoms with Crippen molar-refractivity contribution in [3.63, 3.8) is 0 Å². The molecular formula is C49H28N4OS. The summed E-state index contributed by atoms with van der Waals surface area (Å²) in [6.07, 6.45) is 0. The van der Waals surface area contributed by atoms with Crippen LogP contribution in [0.15, 0.2) is 174 Å². The minimum Gasteiger partial charge on any atom is -0.455 e. The second kappa shape index (κ2) is 11.7. The quantitative estimate of drug-likeness (QED) is 0.182. The van der Waals surface area contributed by atoms with Gasteiger partial charge in [-0.05, 0) is 59.3 Å². The molecule has 0 aliphatic heterocycles. The molecule has 256 valence electrons. The van der Waals surface area contributed by atoms with Crippen LogP contribution < -0.4 is 0 Å². The fraction of sp³-hybridized carbons (Fsp3) is 0. The molecule has 0 aliphatic rings. The number of fused-ring (bicyclic) bond motifs is 11. The van der Waals surface area contributed by atoms with Crippen LogP contribution in [0.25, 0.3) is 115 Å². The SMILES string of the molecule is c1ccc(-c2nc(-c3ccc4c(c3)sc3ccccc34)nc(-c3cc4ccccc4c4c3oc3ccc(-n5c6ccccc6c6ccccc65)cc34)n2)cc1. The molecule has 0 fully saturated rings. The Hall–Kier alpha value is -7.15.